The van der Waals surface area contributed by atoms with Gasteiger partial charge in [-0.25, -0.2) is 4.79 Å². The van der Waals surface area contributed by atoms with Crippen LogP contribution in [0.15, 0.2) is 35.3 Å². The van der Waals surface area contributed by atoms with E-state index in [2.05, 4.69) is 20.9 Å². The van der Waals surface area contributed by atoms with Crippen molar-refractivity contribution < 1.29 is 29.1 Å². The van der Waals surface area contributed by atoms with Crippen LogP contribution in [0.1, 0.15) is 38.7 Å². The maximum Gasteiger partial charge on any atom is 0.326 e. The predicted octanol–water partition coefficient (Wildman–Crippen LogP) is -2.32. The van der Waals surface area contributed by atoms with Gasteiger partial charge in [0.1, 0.15) is 18.1 Å². The Kier molecular flexibility index (Phi) is 13.2. The number of nitrogens with one attached hydrogen (secondary N) is 3. The molecule has 0 aliphatic carbocycles. The van der Waals surface area contributed by atoms with Gasteiger partial charge < -0.3 is 44.0 Å². The molecule has 38 heavy (non-hydrogen) atoms. The highest BCUT2D eigenvalue weighted by Gasteiger charge is 2.31. The van der Waals surface area contributed by atoms with Crippen LogP contribution in [-0.4, -0.2) is 71.4 Å². The predicted molar refractivity (Wildman–Crippen MR) is 140 cm³/mol. The minimum Gasteiger partial charge on any atom is -0.480 e. The van der Waals surface area contributed by atoms with Crippen LogP contribution in [0.2, 0.25) is 0 Å². The second-order valence-electron chi connectivity index (χ2n) is 9.11. The second-order valence-corrected chi connectivity index (χ2v) is 9.11. The minimum absolute atomic E-state index is 0.0494. The number of hydrogen-bond acceptors (Lipinski definition) is 7. The summed E-state index contributed by atoms with van der Waals surface area (Å²) in [5, 5.41) is 17.0. The van der Waals surface area contributed by atoms with Crippen molar-refractivity contribution in [2.75, 3.05) is 6.54 Å². The van der Waals surface area contributed by atoms with E-state index in [4.69, 9.17) is 22.9 Å². The summed E-state index contributed by atoms with van der Waals surface area (Å²) in [6, 6.07) is 3.98. The van der Waals surface area contributed by atoms with Gasteiger partial charge in [0.15, 0.2) is 5.96 Å². The smallest absolute Gasteiger partial charge is 0.326 e. The number of aliphatic carboxylic acids is 1. The maximum atomic E-state index is 13.3. The zero-order valence-electron chi connectivity index (χ0n) is 21.6. The van der Waals surface area contributed by atoms with Crippen LogP contribution in [0.5, 0.6) is 0 Å². The molecule has 4 unspecified atom stereocenters. The highest BCUT2D eigenvalue weighted by atomic mass is 16.4. The number of carbonyl (C=O) groups excluding carboxylic acids is 4. The summed E-state index contributed by atoms with van der Waals surface area (Å²) in [5.41, 5.74) is 22.2. The van der Waals surface area contributed by atoms with E-state index in [0.717, 1.165) is 0 Å². The number of primary amides is 1. The molecule has 0 fully saturated rings. The van der Waals surface area contributed by atoms with E-state index in [-0.39, 0.29) is 31.8 Å². The third-order valence-corrected chi connectivity index (χ3v) is 5.48. The third kappa shape index (κ3) is 11.7. The third-order valence-electron chi connectivity index (χ3n) is 5.48. The molecule has 0 spiro atoms. The van der Waals surface area contributed by atoms with E-state index in [0.29, 0.717) is 5.56 Å². The first-order valence-electron chi connectivity index (χ1n) is 12.1. The van der Waals surface area contributed by atoms with Crippen LogP contribution in [0.25, 0.3) is 0 Å². The van der Waals surface area contributed by atoms with Crippen LogP contribution in [-0.2, 0) is 30.4 Å². The Hall–Kier alpha value is -4.20. The van der Waals surface area contributed by atoms with Crippen LogP contribution in [0, 0.1) is 5.92 Å². The number of aliphatic imine (C=N–C) groups is 1. The van der Waals surface area contributed by atoms with Gasteiger partial charge in [0.25, 0.3) is 0 Å². The normalized spacial score (nSPS) is 13.9. The average Bonchev–Trinajstić information content (AvgIpc) is 2.83. The van der Waals surface area contributed by atoms with Crippen molar-refractivity contribution in [3.05, 3.63) is 35.9 Å². The lowest BCUT2D eigenvalue weighted by Gasteiger charge is -2.26. The molecule has 1 rings (SSSR count). The van der Waals surface area contributed by atoms with Crippen molar-refractivity contribution in [3.8, 4) is 0 Å². The highest BCUT2D eigenvalue weighted by Crippen LogP contribution is 2.08. The summed E-state index contributed by atoms with van der Waals surface area (Å²) in [6.45, 7) is 3.43. The van der Waals surface area contributed by atoms with Crippen molar-refractivity contribution in [2.24, 2.45) is 33.8 Å². The van der Waals surface area contributed by atoms with Gasteiger partial charge in [-0.15, -0.1) is 0 Å². The van der Waals surface area contributed by atoms with Crippen molar-refractivity contribution in [1.29, 1.82) is 0 Å². The van der Waals surface area contributed by atoms with E-state index < -0.39 is 66.1 Å². The van der Waals surface area contributed by atoms with Gasteiger partial charge in [0, 0.05) is 13.0 Å². The number of nitrogens with zero attached hydrogens (tertiary/aromatic N) is 1. The molecule has 0 aliphatic rings. The Morgan fingerprint density at radius 2 is 1.47 bits per heavy atom. The maximum absolute atomic E-state index is 13.3. The van der Waals surface area contributed by atoms with Crippen molar-refractivity contribution in [1.82, 2.24) is 16.0 Å². The van der Waals surface area contributed by atoms with E-state index in [1.165, 1.54) is 0 Å². The van der Waals surface area contributed by atoms with Crippen molar-refractivity contribution >= 4 is 35.6 Å². The topological polar surface area (TPSA) is 258 Å². The molecular weight excluding hydrogens is 496 g/mol. The first kappa shape index (κ1) is 31.8. The molecule has 4 amide bonds. The molecule has 210 valence electrons. The molecular formula is C24H38N8O6. The van der Waals surface area contributed by atoms with E-state index in [1.54, 1.807) is 44.2 Å². The van der Waals surface area contributed by atoms with Gasteiger partial charge >= 0.3 is 5.97 Å². The number of carboxylic acid groups (broad SMARTS) is 1. The van der Waals surface area contributed by atoms with Gasteiger partial charge in [0.05, 0.1) is 12.5 Å². The number of carboxylic acids is 1. The number of rotatable bonds is 16. The quantitative estimate of drug-likeness (QED) is 0.0642. The molecule has 0 heterocycles. The van der Waals surface area contributed by atoms with E-state index >= 15 is 0 Å². The minimum atomic E-state index is -1.28. The molecule has 0 saturated carbocycles. The standard InChI is InChI=1S/C24H38N8O6/c1-13(2)19(23(37)38)32-21(35)16(9-6-10-29-24(27)28)30-22(36)17(11-14-7-4-3-5-8-14)31-20(34)15(25)12-18(26)33/h3-5,7-8,13,15-17,19H,6,9-12,25H2,1-2H3,(H2,26,33)(H,30,36)(H,31,34)(H,32,35)(H,37,38)(H4,27,28,29). The molecule has 0 radical (unpaired) electrons. The summed E-state index contributed by atoms with van der Waals surface area (Å²) in [7, 11) is 0. The van der Waals surface area contributed by atoms with Crippen molar-refractivity contribution in [2.45, 2.75) is 63.7 Å². The van der Waals surface area contributed by atoms with Crippen LogP contribution in [0.4, 0.5) is 0 Å². The van der Waals surface area contributed by atoms with E-state index in [9.17, 15) is 29.1 Å². The monoisotopic (exact) mass is 534 g/mol. The van der Waals surface area contributed by atoms with Gasteiger partial charge in [-0.05, 0) is 24.3 Å². The Bertz CT molecular complexity index is 997. The molecule has 4 atom stereocenters. The molecule has 0 saturated heterocycles. The zero-order chi connectivity index (χ0) is 28.8. The van der Waals surface area contributed by atoms with Gasteiger partial charge in [-0.2, -0.15) is 0 Å². The molecule has 0 bridgehead atoms. The van der Waals surface area contributed by atoms with Crippen LogP contribution >= 0.6 is 0 Å². The number of nitrogens with two attached hydrogens (primary N) is 4. The lowest BCUT2D eigenvalue weighted by Crippen LogP contribution is -2.58. The number of hydrogen-bond donors (Lipinski definition) is 8. The molecule has 0 aliphatic heterocycles. The summed E-state index contributed by atoms with van der Waals surface area (Å²) < 4.78 is 0. The Labute approximate surface area is 221 Å². The molecule has 1 aromatic rings. The fourth-order valence-corrected chi connectivity index (χ4v) is 3.46. The zero-order valence-corrected chi connectivity index (χ0v) is 21.6. The first-order valence-corrected chi connectivity index (χ1v) is 12.1. The lowest BCUT2D eigenvalue weighted by atomic mass is 10.0. The van der Waals surface area contributed by atoms with Gasteiger partial charge in [0.2, 0.25) is 23.6 Å². The molecule has 1 aromatic carbocycles. The largest absolute Gasteiger partial charge is 0.480 e. The Morgan fingerprint density at radius 1 is 0.895 bits per heavy atom. The Morgan fingerprint density at radius 3 is 2.00 bits per heavy atom. The van der Waals surface area contributed by atoms with Gasteiger partial charge in [-0.3, -0.25) is 24.2 Å². The number of carbonyl (C=O) groups is 5. The average molecular weight is 535 g/mol. The number of benzene rings is 1. The molecule has 12 N–H and O–H groups in total. The summed E-state index contributed by atoms with van der Waals surface area (Å²) in [4.78, 5) is 65.5. The van der Waals surface area contributed by atoms with Crippen LogP contribution in [0.3, 0.4) is 0 Å². The Balaban J connectivity index is 3.15. The molecule has 14 heteroatoms. The summed E-state index contributed by atoms with van der Waals surface area (Å²) in [6.07, 6.45) is -0.0121. The number of amides is 4. The summed E-state index contributed by atoms with van der Waals surface area (Å²) in [5.74, 6) is -4.79. The van der Waals surface area contributed by atoms with Crippen molar-refractivity contribution in [3.63, 3.8) is 0 Å². The first-order chi connectivity index (χ1) is 17.8. The SMILES string of the molecule is CC(C)C(NC(=O)C(CCCN=C(N)N)NC(=O)C(Cc1ccccc1)NC(=O)C(N)CC(N)=O)C(=O)O. The second kappa shape index (κ2) is 15.8. The van der Waals surface area contributed by atoms with Gasteiger partial charge in [-0.1, -0.05) is 44.2 Å². The molecule has 0 aromatic heterocycles. The lowest BCUT2D eigenvalue weighted by molar-refractivity contribution is -0.143. The highest BCUT2D eigenvalue weighted by molar-refractivity contribution is 5.95. The summed E-state index contributed by atoms with van der Waals surface area (Å²) >= 11 is 0. The fourth-order valence-electron chi connectivity index (χ4n) is 3.46. The molecule has 14 nitrogen and oxygen atoms in total. The van der Waals surface area contributed by atoms with Crippen LogP contribution < -0.4 is 38.9 Å². The van der Waals surface area contributed by atoms with E-state index in [1.807, 2.05) is 0 Å². The number of guanidine groups is 1. The fraction of sp³-hybridized carbons (Fsp3) is 0.500.